The van der Waals surface area contributed by atoms with E-state index in [2.05, 4.69) is 26.1 Å². The van der Waals surface area contributed by atoms with Crippen LogP contribution in [0.2, 0.25) is 0 Å². The van der Waals surface area contributed by atoms with Crippen molar-refractivity contribution in [3.8, 4) is 23.4 Å². The van der Waals surface area contributed by atoms with Crippen LogP contribution in [-0.2, 0) is 4.79 Å². The van der Waals surface area contributed by atoms with Crippen molar-refractivity contribution in [2.24, 2.45) is 0 Å². The van der Waals surface area contributed by atoms with Gasteiger partial charge in [0.25, 0.3) is 0 Å². The zero-order valence-electron chi connectivity index (χ0n) is 20.0. The maximum absolute atomic E-state index is 13.6. The molecule has 0 fully saturated rings. The average Bonchev–Trinajstić information content (AvgIpc) is 3.62. The van der Waals surface area contributed by atoms with Gasteiger partial charge in [-0.2, -0.15) is 28.8 Å². The molecule has 39 heavy (non-hydrogen) atoms. The molecule has 3 aromatic heterocycles. The van der Waals surface area contributed by atoms with Gasteiger partial charge in [0, 0.05) is 34.7 Å². The first-order chi connectivity index (χ1) is 18.8. The van der Waals surface area contributed by atoms with Crippen molar-refractivity contribution in [2.75, 3.05) is 4.90 Å². The molecule has 5 aromatic rings. The largest absolute Gasteiger partial charge is 0.472 e. The van der Waals surface area contributed by atoms with E-state index in [1.54, 1.807) is 24.7 Å². The fraction of sp³-hybridized carbons (Fsp3) is 0.111. The van der Waals surface area contributed by atoms with Crippen LogP contribution < -0.4 is 4.90 Å². The lowest BCUT2D eigenvalue weighted by Gasteiger charge is -2.25. The molecular formula is C27H17F3N8O. The molecule has 2 aromatic carbocycles. The molecule has 1 amide bonds. The van der Waals surface area contributed by atoms with Crippen LogP contribution in [0, 0.1) is 22.7 Å². The van der Waals surface area contributed by atoms with Crippen molar-refractivity contribution in [2.45, 2.75) is 18.6 Å². The number of rotatable bonds is 6. The maximum Gasteiger partial charge on any atom is 0.472 e. The summed E-state index contributed by atoms with van der Waals surface area (Å²) in [6.45, 7) is 0. The van der Waals surface area contributed by atoms with E-state index in [9.17, 15) is 23.2 Å². The first-order valence-electron chi connectivity index (χ1n) is 11.5. The SMILES string of the molecule is N#CCC(c1cccc(N(C(=O)C(F)(F)F)c2ccc(C#N)cc2)c1)n1cc(-c2ncnc3[nH]ccc23)cn1. The average molecular weight is 526 g/mol. The number of hydrogen-bond acceptors (Lipinski definition) is 6. The molecule has 5 rings (SSSR count). The summed E-state index contributed by atoms with van der Waals surface area (Å²) in [4.78, 5) is 24.6. The Balaban J connectivity index is 1.55. The number of nitrogens with zero attached hydrogens (tertiary/aromatic N) is 7. The number of benzene rings is 2. The molecule has 0 saturated heterocycles. The highest BCUT2D eigenvalue weighted by atomic mass is 19.4. The van der Waals surface area contributed by atoms with Gasteiger partial charge in [0.2, 0.25) is 0 Å². The van der Waals surface area contributed by atoms with E-state index in [1.165, 1.54) is 53.5 Å². The van der Waals surface area contributed by atoms with Crippen LogP contribution in [0.4, 0.5) is 24.5 Å². The Morgan fingerprint density at radius 1 is 1.08 bits per heavy atom. The van der Waals surface area contributed by atoms with Gasteiger partial charge in [0.15, 0.2) is 0 Å². The smallest absolute Gasteiger partial charge is 0.346 e. The van der Waals surface area contributed by atoms with E-state index in [0.717, 1.165) is 5.39 Å². The molecule has 0 spiro atoms. The summed E-state index contributed by atoms with van der Waals surface area (Å²) >= 11 is 0. The molecule has 0 aliphatic heterocycles. The number of amides is 1. The molecule has 0 bridgehead atoms. The number of halogens is 3. The minimum Gasteiger partial charge on any atom is -0.346 e. The highest BCUT2D eigenvalue weighted by Gasteiger charge is 2.44. The number of aromatic amines is 1. The predicted molar refractivity (Wildman–Crippen MR) is 134 cm³/mol. The summed E-state index contributed by atoms with van der Waals surface area (Å²) in [7, 11) is 0. The van der Waals surface area contributed by atoms with Crippen LogP contribution in [0.25, 0.3) is 22.3 Å². The number of carbonyl (C=O) groups excluding carboxylic acids is 1. The number of nitriles is 2. The van der Waals surface area contributed by atoms with Gasteiger partial charge in [-0.15, -0.1) is 0 Å². The third kappa shape index (κ3) is 4.91. The summed E-state index contributed by atoms with van der Waals surface area (Å²) in [6, 6.07) is 16.3. The summed E-state index contributed by atoms with van der Waals surface area (Å²) < 4.78 is 42.3. The Hall–Kier alpha value is -5.49. The van der Waals surface area contributed by atoms with Crippen molar-refractivity contribution in [3.63, 3.8) is 0 Å². The molecule has 0 aliphatic rings. The number of carbonyl (C=O) groups is 1. The summed E-state index contributed by atoms with van der Waals surface area (Å²) in [6.07, 6.45) is 1.23. The molecule has 3 heterocycles. The van der Waals surface area contributed by atoms with Crippen LogP contribution in [0.3, 0.4) is 0 Å². The van der Waals surface area contributed by atoms with Crippen LogP contribution >= 0.6 is 0 Å². The fourth-order valence-electron chi connectivity index (χ4n) is 4.25. The lowest BCUT2D eigenvalue weighted by molar-refractivity contribution is -0.169. The quantitative estimate of drug-likeness (QED) is 0.315. The minimum absolute atomic E-state index is 0.0437. The Morgan fingerprint density at radius 2 is 1.87 bits per heavy atom. The van der Waals surface area contributed by atoms with Crippen LogP contribution in [0.1, 0.15) is 23.6 Å². The monoisotopic (exact) mass is 526 g/mol. The molecule has 9 nitrogen and oxygen atoms in total. The van der Waals surface area contributed by atoms with Gasteiger partial charge in [-0.1, -0.05) is 12.1 Å². The zero-order chi connectivity index (χ0) is 27.6. The molecule has 0 aliphatic carbocycles. The van der Waals surface area contributed by atoms with E-state index in [0.29, 0.717) is 27.4 Å². The first kappa shape index (κ1) is 25.2. The number of fused-ring (bicyclic) bond motifs is 1. The number of H-pyrrole nitrogens is 1. The minimum atomic E-state index is -5.16. The molecule has 1 N–H and O–H groups in total. The number of aromatic nitrogens is 5. The third-order valence-corrected chi connectivity index (χ3v) is 6.05. The molecule has 192 valence electrons. The number of anilines is 2. The van der Waals surface area contributed by atoms with Crippen molar-refractivity contribution in [1.82, 2.24) is 24.7 Å². The van der Waals surface area contributed by atoms with Gasteiger partial charge < -0.3 is 4.98 Å². The first-order valence-corrected chi connectivity index (χ1v) is 11.5. The van der Waals surface area contributed by atoms with Crippen molar-refractivity contribution >= 4 is 28.3 Å². The Labute approximate surface area is 219 Å². The maximum atomic E-state index is 13.6. The van der Waals surface area contributed by atoms with Crippen molar-refractivity contribution < 1.29 is 18.0 Å². The summed E-state index contributed by atoms with van der Waals surface area (Å²) in [5.74, 6) is -2.10. The molecule has 0 saturated carbocycles. The second-order valence-corrected chi connectivity index (χ2v) is 8.44. The molecular weight excluding hydrogens is 509 g/mol. The Kier molecular flexibility index (Phi) is 6.52. The highest BCUT2D eigenvalue weighted by molar-refractivity contribution is 6.03. The van der Waals surface area contributed by atoms with E-state index >= 15 is 0 Å². The van der Waals surface area contributed by atoms with E-state index in [4.69, 9.17) is 5.26 Å². The predicted octanol–water partition coefficient (Wildman–Crippen LogP) is 5.42. The zero-order valence-corrected chi connectivity index (χ0v) is 20.0. The lowest BCUT2D eigenvalue weighted by Crippen LogP contribution is -2.38. The lowest BCUT2D eigenvalue weighted by atomic mass is 10.0. The molecule has 12 heteroatoms. The van der Waals surface area contributed by atoms with E-state index in [-0.39, 0.29) is 23.4 Å². The van der Waals surface area contributed by atoms with Crippen molar-refractivity contribution in [3.05, 3.63) is 90.6 Å². The van der Waals surface area contributed by atoms with Gasteiger partial charge >= 0.3 is 12.1 Å². The second-order valence-electron chi connectivity index (χ2n) is 8.44. The third-order valence-electron chi connectivity index (χ3n) is 6.05. The summed E-state index contributed by atoms with van der Waals surface area (Å²) in [5.41, 5.74) is 2.51. The Bertz CT molecular complexity index is 1740. The standard InChI is InChI=1S/C27H17F3N8O/c28-27(29,30)26(39)38(20-6-4-17(13-32)5-7-20)21-3-1-2-18(12-21)23(8-10-31)37-15-19(14-36-37)24-22-9-11-33-25(22)35-16-34-24/h1-7,9,11-12,14-16,23H,8H2,(H,33,34,35). The number of nitrogens with one attached hydrogen (secondary N) is 1. The number of alkyl halides is 3. The van der Waals surface area contributed by atoms with E-state index < -0.39 is 18.1 Å². The van der Waals surface area contributed by atoms with Gasteiger partial charge in [-0.25, -0.2) is 9.97 Å². The second kappa shape index (κ2) is 10.1. The molecule has 0 radical (unpaired) electrons. The van der Waals surface area contributed by atoms with E-state index in [1.807, 2.05) is 12.1 Å². The normalized spacial score (nSPS) is 12.0. The van der Waals surface area contributed by atoms with Gasteiger partial charge in [0.05, 0.1) is 42.1 Å². The number of hydrogen-bond donors (Lipinski definition) is 1. The topological polar surface area (TPSA) is 127 Å². The van der Waals surface area contributed by atoms with Crippen LogP contribution in [0.15, 0.2) is 79.5 Å². The van der Waals surface area contributed by atoms with Gasteiger partial charge in [-0.05, 0) is 48.0 Å². The summed E-state index contributed by atoms with van der Waals surface area (Å²) in [5, 5.41) is 23.8. The van der Waals surface area contributed by atoms with Gasteiger partial charge in [0.1, 0.15) is 12.0 Å². The molecule has 1 unspecified atom stereocenters. The van der Waals surface area contributed by atoms with Gasteiger partial charge in [-0.3, -0.25) is 14.4 Å². The van der Waals surface area contributed by atoms with Crippen LogP contribution in [-0.4, -0.2) is 36.8 Å². The van der Waals surface area contributed by atoms with Crippen LogP contribution in [0.5, 0.6) is 0 Å². The molecule has 1 atom stereocenters. The fourth-order valence-corrected chi connectivity index (χ4v) is 4.25. The Morgan fingerprint density at radius 3 is 2.59 bits per heavy atom. The highest BCUT2D eigenvalue weighted by Crippen LogP contribution is 2.34. The van der Waals surface area contributed by atoms with Crippen molar-refractivity contribution in [1.29, 1.82) is 10.5 Å².